The van der Waals surface area contributed by atoms with Crippen LogP contribution in [0.2, 0.25) is 5.02 Å². The lowest BCUT2D eigenvalue weighted by atomic mass is 10.1. The lowest BCUT2D eigenvalue weighted by Gasteiger charge is -2.18. The molecule has 1 aromatic heterocycles. The summed E-state index contributed by atoms with van der Waals surface area (Å²) in [6.45, 7) is 0. The summed E-state index contributed by atoms with van der Waals surface area (Å²) >= 11 is 5.77. The first kappa shape index (κ1) is 14.0. The van der Waals surface area contributed by atoms with Gasteiger partial charge in [0.25, 0.3) is 5.56 Å². The minimum absolute atomic E-state index is 0.0178. The zero-order chi connectivity index (χ0) is 14.7. The van der Waals surface area contributed by atoms with Gasteiger partial charge in [0.1, 0.15) is 0 Å². The molecule has 0 radical (unpaired) electrons. The van der Waals surface area contributed by atoms with E-state index in [9.17, 15) is 9.18 Å². The Balaban J connectivity index is 2.72. The molecular weight excluding hydrogens is 285 g/mol. The molecule has 0 spiro atoms. The molecule has 20 heavy (non-hydrogen) atoms. The predicted octanol–water partition coefficient (Wildman–Crippen LogP) is 1.34. The van der Waals surface area contributed by atoms with Gasteiger partial charge in [0.05, 0.1) is 28.3 Å². The molecule has 2 aromatic rings. The fourth-order valence-electron chi connectivity index (χ4n) is 1.68. The van der Waals surface area contributed by atoms with Crippen LogP contribution in [0.3, 0.4) is 0 Å². The second-order valence-corrected chi connectivity index (χ2v) is 4.21. The van der Waals surface area contributed by atoms with Crippen molar-refractivity contribution in [3.8, 4) is 11.3 Å². The smallest absolute Gasteiger partial charge is 0.251 e. The highest BCUT2D eigenvalue weighted by molar-refractivity contribution is 6.31. The van der Waals surface area contributed by atoms with Gasteiger partial charge in [-0.1, -0.05) is 11.6 Å². The average molecular weight is 296 g/mol. The molecule has 104 valence electrons. The predicted molar refractivity (Wildman–Crippen MR) is 75.3 cm³/mol. The highest BCUT2D eigenvalue weighted by atomic mass is 35.5. The zero-order valence-corrected chi connectivity index (χ0v) is 10.9. The number of anilines is 1. The minimum atomic E-state index is -0.719. The van der Waals surface area contributed by atoms with Crippen molar-refractivity contribution in [2.24, 2.45) is 11.6 Å². The van der Waals surface area contributed by atoms with Gasteiger partial charge in [0.15, 0.2) is 5.82 Å². The van der Waals surface area contributed by atoms with E-state index in [1.165, 1.54) is 30.9 Å². The Hall–Kier alpha value is -2.38. The lowest BCUT2D eigenvalue weighted by molar-refractivity contribution is 0.631. The molecule has 0 atom stereocenters. The maximum atomic E-state index is 14.3. The van der Waals surface area contributed by atoms with Crippen LogP contribution in [0.1, 0.15) is 0 Å². The fraction of sp³-hybridized carbons (Fsp3) is 0. The minimum Gasteiger partial charge on any atom is -0.403 e. The normalized spacial score (nSPS) is 10.9. The standard InChI is InChI=1S/C12H11ClFN5O/c13-7-1-2-9(19(16)4-3-15)11(12(7)14)8-5-10(20)18-6-17-8/h1-6H,15-16H2,(H,17,18,20)/b4-3-. The first-order chi connectivity index (χ1) is 9.54. The summed E-state index contributed by atoms with van der Waals surface area (Å²) in [4.78, 5) is 17.6. The molecule has 0 aliphatic rings. The third-order valence-electron chi connectivity index (χ3n) is 2.53. The summed E-state index contributed by atoms with van der Waals surface area (Å²) in [6, 6.07) is 4.01. The number of H-pyrrole nitrogens is 1. The van der Waals surface area contributed by atoms with Crippen molar-refractivity contribution < 1.29 is 4.39 Å². The maximum Gasteiger partial charge on any atom is 0.251 e. The molecule has 0 fully saturated rings. The van der Waals surface area contributed by atoms with Crippen LogP contribution in [0.25, 0.3) is 11.3 Å². The number of aromatic nitrogens is 2. The third-order valence-corrected chi connectivity index (χ3v) is 2.82. The topological polar surface area (TPSA) is 101 Å². The van der Waals surface area contributed by atoms with Gasteiger partial charge in [-0.15, -0.1) is 0 Å². The molecule has 0 aliphatic carbocycles. The van der Waals surface area contributed by atoms with Crippen LogP contribution in [0.15, 0.2) is 41.7 Å². The molecule has 8 heteroatoms. The second kappa shape index (κ2) is 5.72. The molecule has 0 aliphatic heterocycles. The van der Waals surface area contributed by atoms with E-state index in [4.69, 9.17) is 23.2 Å². The SMILES string of the molecule is N/C=C\N(N)c1ccc(Cl)c(F)c1-c1cc(=O)[nH]cn1. The van der Waals surface area contributed by atoms with Gasteiger partial charge in [-0.25, -0.2) is 15.2 Å². The van der Waals surface area contributed by atoms with E-state index in [0.717, 1.165) is 11.1 Å². The molecule has 0 unspecified atom stereocenters. The number of rotatable bonds is 3. The molecule has 6 nitrogen and oxygen atoms in total. The van der Waals surface area contributed by atoms with Crippen LogP contribution < -0.4 is 22.1 Å². The molecule has 1 heterocycles. The Morgan fingerprint density at radius 1 is 1.45 bits per heavy atom. The summed E-state index contributed by atoms with van der Waals surface area (Å²) < 4.78 is 14.3. The van der Waals surface area contributed by atoms with Crippen molar-refractivity contribution in [1.82, 2.24) is 9.97 Å². The van der Waals surface area contributed by atoms with E-state index in [1.807, 2.05) is 0 Å². The number of nitrogens with two attached hydrogens (primary N) is 2. The zero-order valence-electron chi connectivity index (χ0n) is 10.2. The molecule has 5 N–H and O–H groups in total. The molecular formula is C12H11ClFN5O. The van der Waals surface area contributed by atoms with E-state index in [2.05, 4.69) is 9.97 Å². The Morgan fingerprint density at radius 2 is 2.20 bits per heavy atom. The van der Waals surface area contributed by atoms with Crippen molar-refractivity contribution in [1.29, 1.82) is 0 Å². The van der Waals surface area contributed by atoms with Crippen LogP contribution in [0, 0.1) is 5.82 Å². The lowest BCUT2D eigenvalue weighted by Crippen LogP contribution is -2.25. The maximum absolute atomic E-state index is 14.3. The molecule has 1 aromatic carbocycles. The van der Waals surface area contributed by atoms with Gasteiger partial charge in [-0.3, -0.25) is 9.80 Å². The number of hydrazine groups is 1. The number of hydrogen-bond acceptors (Lipinski definition) is 5. The van der Waals surface area contributed by atoms with E-state index in [1.54, 1.807) is 0 Å². The number of halogens is 2. The summed E-state index contributed by atoms with van der Waals surface area (Å²) in [7, 11) is 0. The number of hydrogen-bond donors (Lipinski definition) is 3. The van der Waals surface area contributed by atoms with Crippen molar-refractivity contribution in [2.75, 3.05) is 5.01 Å². The van der Waals surface area contributed by atoms with Gasteiger partial charge in [-0.2, -0.15) is 0 Å². The Labute approximate surface area is 118 Å². The molecule has 0 bridgehead atoms. The van der Waals surface area contributed by atoms with Gasteiger partial charge in [0.2, 0.25) is 0 Å². The van der Waals surface area contributed by atoms with Gasteiger partial charge in [0, 0.05) is 18.5 Å². The van der Waals surface area contributed by atoms with Crippen LogP contribution >= 0.6 is 11.6 Å². The Morgan fingerprint density at radius 3 is 2.85 bits per heavy atom. The molecule has 0 saturated heterocycles. The number of nitrogens with one attached hydrogen (secondary N) is 1. The van der Waals surface area contributed by atoms with E-state index in [0.29, 0.717) is 0 Å². The van der Waals surface area contributed by atoms with Gasteiger partial charge < -0.3 is 10.7 Å². The van der Waals surface area contributed by atoms with Gasteiger partial charge >= 0.3 is 0 Å². The van der Waals surface area contributed by atoms with Crippen LogP contribution in [0.4, 0.5) is 10.1 Å². The van der Waals surface area contributed by atoms with Crippen LogP contribution in [-0.4, -0.2) is 9.97 Å². The highest BCUT2D eigenvalue weighted by Crippen LogP contribution is 2.34. The quantitative estimate of drug-likeness (QED) is 0.586. The average Bonchev–Trinajstić information content (AvgIpc) is 2.41. The van der Waals surface area contributed by atoms with E-state index in [-0.39, 0.29) is 22.0 Å². The summed E-state index contributed by atoms with van der Waals surface area (Å²) in [5.41, 5.74) is 5.24. The Bertz CT molecular complexity index is 715. The first-order valence-electron chi connectivity index (χ1n) is 5.50. The van der Waals surface area contributed by atoms with Crippen LogP contribution in [0.5, 0.6) is 0 Å². The number of benzene rings is 1. The Kier molecular flexibility index (Phi) is 4.02. The number of nitrogens with zero attached hydrogens (tertiary/aromatic N) is 2. The molecule has 0 amide bonds. The fourth-order valence-corrected chi connectivity index (χ4v) is 1.84. The monoisotopic (exact) mass is 295 g/mol. The summed E-state index contributed by atoms with van der Waals surface area (Å²) in [6.07, 6.45) is 3.70. The highest BCUT2D eigenvalue weighted by Gasteiger charge is 2.18. The van der Waals surface area contributed by atoms with Gasteiger partial charge in [-0.05, 0) is 12.1 Å². The van der Waals surface area contributed by atoms with Crippen LogP contribution in [-0.2, 0) is 0 Å². The van der Waals surface area contributed by atoms with Crippen molar-refractivity contribution >= 4 is 17.3 Å². The van der Waals surface area contributed by atoms with Crippen molar-refractivity contribution in [2.45, 2.75) is 0 Å². The van der Waals surface area contributed by atoms with E-state index >= 15 is 0 Å². The third kappa shape index (κ3) is 2.63. The summed E-state index contributed by atoms with van der Waals surface area (Å²) in [5.74, 6) is 5.02. The van der Waals surface area contributed by atoms with E-state index < -0.39 is 11.4 Å². The molecule has 0 saturated carbocycles. The molecule has 2 rings (SSSR count). The summed E-state index contributed by atoms with van der Waals surface area (Å²) in [5, 5.41) is 1.01. The van der Waals surface area contributed by atoms with Crippen molar-refractivity contribution in [3.63, 3.8) is 0 Å². The first-order valence-corrected chi connectivity index (χ1v) is 5.88. The van der Waals surface area contributed by atoms with Crippen molar-refractivity contribution in [3.05, 3.63) is 58.1 Å². The number of aromatic amines is 1. The second-order valence-electron chi connectivity index (χ2n) is 3.80. The largest absolute Gasteiger partial charge is 0.403 e.